The van der Waals surface area contributed by atoms with E-state index in [-0.39, 0.29) is 11.2 Å². The van der Waals surface area contributed by atoms with Gasteiger partial charge >= 0.3 is 0 Å². The molecule has 1 aliphatic rings. The van der Waals surface area contributed by atoms with Crippen molar-refractivity contribution >= 4 is 15.7 Å². The van der Waals surface area contributed by atoms with Gasteiger partial charge in [0.2, 0.25) is 5.16 Å². The molecule has 0 radical (unpaired) electrons. The van der Waals surface area contributed by atoms with E-state index < -0.39 is 10.0 Å². The molecule has 0 fully saturated rings. The fourth-order valence-electron chi connectivity index (χ4n) is 2.54. The largest absolute Gasteiger partial charge is 0.383 e. The summed E-state index contributed by atoms with van der Waals surface area (Å²) < 4.78 is 28.8. The molecule has 0 bridgehead atoms. The maximum atomic E-state index is 12.3. The normalized spacial score (nSPS) is 17.4. The Labute approximate surface area is 128 Å². The zero-order valence-electron chi connectivity index (χ0n) is 11.9. The smallest absolute Gasteiger partial charge is 0.274 e. The highest BCUT2D eigenvalue weighted by Crippen LogP contribution is 2.23. The Hall–Kier alpha value is -2.37. The van der Waals surface area contributed by atoms with E-state index in [2.05, 4.69) is 21.1 Å². The predicted octanol–water partition coefficient (Wildman–Crippen LogP) is 0.607. The first-order valence-electron chi connectivity index (χ1n) is 6.76. The van der Waals surface area contributed by atoms with Crippen molar-refractivity contribution in [1.29, 1.82) is 5.26 Å². The molecular formula is C14H15N5O2S. The van der Waals surface area contributed by atoms with E-state index in [9.17, 15) is 8.42 Å². The third-order valence-corrected chi connectivity index (χ3v) is 5.10. The Morgan fingerprint density at radius 1 is 1.50 bits per heavy atom. The van der Waals surface area contributed by atoms with Crippen molar-refractivity contribution in [2.24, 2.45) is 7.05 Å². The number of anilines is 1. The summed E-state index contributed by atoms with van der Waals surface area (Å²) in [5.74, 6) is 0. The molecule has 1 aromatic carbocycles. The van der Waals surface area contributed by atoms with Gasteiger partial charge in [-0.2, -0.15) is 5.26 Å². The number of hydrogen-bond acceptors (Lipinski definition) is 5. The molecule has 2 heterocycles. The number of imidazole rings is 1. The van der Waals surface area contributed by atoms with Gasteiger partial charge in [0, 0.05) is 37.7 Å². The molecule has 1 aliphatic heterocycles. The molecule has 22 heavy (non-hydrogen) atoms. The number of nitrogens with one attached hydrogen (secondary N) is 2. The molecule has 2 N–H and O–H groups in total. The molecule has 8 heteroatoms. The summed E-state index contributed by atoms with van der Waals surface area (Å²) in [5, 5.41) is 12.1. The van der Waals surface area contributed by atoms with Crippen LogP contribution in [0.3, 0.4) is 0 Å². The molecule has 0 saturated carbocycles. The Bertz CT molecular complexity index is 850. The number of nitrogens with zero attached hydrogens (tertiary/aromatic N) is 3. The number of aryl methyl sites for hydroxylation is 1. The minimum absolute atomic E-state index is 0.0101. The third kappa shape index (κ3) is 2.68. The number of hydrogen-bond donors (Lipinski definition) is 2. The molecule has 1 unspecified atom stereocenters. The second kappa shape index (κ2) is 5.44. The molecule has 3 rings (SSSR count). The molecule has 1 aromatic heterocycles. The van der Waals surface area contributed by atoms with E-state index in [0.29, 0.717) is 18.5 Å². The summed E-state index contributed by atoms with van der Waals surface area (Å²) in [6, 6.07) is 7.17. The molecule has 7 nitrogen and oxygen atoms in total. The summed E-state index contributed by atoms with van der Waals surface area (Å²) >= 11 is 0. The number of aromatic nitrogens is 2. The number of sulfonamides is 1. The van der Waals surface area contributed by atoms with Gasteiger partial charge in [0.25, 0.3) is 10.0 Å². The second-order valence-corrected chi connectivity index (χ2v) is 6.82. The molecule has 2 aromatic rings. The van der Waals surface area contributed by atoms with Crippen LogP contribution in [0.4, 0.5) is 5.69 Å². The third-order valence-electron chi connectivity index (χ3n) is 3.58. The maximum Gasteiger partial charge on any atom is 0.274 e. The average molecular weight is 317 g/mol. The van der Waals surface area contributed by atoms with Crippen LogP contribution in [0, 0.1) is 11.3 Å². The van der Waals surface area contributed by atoms with Crippen LogP contribution in [-0.2, 0) is 23.5 Å². The van der Waals surface area contributed by atoms with E-state index >= 15 is 0 Å². The van der Waals surface area contributed by atoms with Crippen LogP contribution in [0.1, 0.15) is 11.1 Å². The lowest BCUT2D eigenvalue weighted by atomic mass is 9.98. The van der Waals surface area contributed by atoms with Crippen molar-refractivity contribution in [3.8, 4) is 6.07 Å². The molecule has 114 valence electrons. The summed E-state index contributed by atoms with van der Waals surface area (Å²) in [4.78, 5) is 3.87. The van der Waals surface area contributed by atoms with Gasteiger partial charge in [0.15, 0.2) is 0 Å². The van der Waals surface area contributed by atoms with Gasteiger partial charge in [-0.25, -0.2) is 18.1 Å². The van der Waals surface area contributed by atoms with Crippen LogP contribution in [0.5, 0.6) is 0 Å². The van der Waals surface area contributed by atoms with Gasteiger partial charge < -0.3 is 9.88 Å². The minimum Gasteiger partial charge on any atom is -0.383 e. The SMILES string of the molecule is Cn1ccnc1S(=O)(=O)NC1CNc2ccc(C#N)cc2C1. The Kier molecular flexibility index (Phi) is 3.60. The summed E-state index contributed by atoms with van der Waals surface area (Å²) in [6.45, 7) is 0.489. The lowest BCUT2D eigenvalue weighted by molar-refractivity contribution is 0.535. The van der Waals surface area contributed by atoms with Crippen molar-refractivity contribution in [2.75, 3.05) is 11.9 Å². The van der Waals surface area contributed by atoms with E-state index in [1.807, 2.05) is 6.07 Å². The topological polar surface area (TPSA) is 99.8 Å². The highest BCUT2D eigenvalue weighted by Gasteiger charge is 2.26. The number of benzene rings is 1. The number of rotatable bonds is 3. The Morgan fingerprint density at radius 2 is 2.32 bits per heavy atom. The molecular weight excluding hydrogens is 302 g/mol. The predicted molar refractivity (Wildman–Crippen MR) is 80.7 cm³/mol. The van der Waals surface area contributed by atoms with Crippen LogP contribution >= 0.6 is 0 Å². The fourth-order valence-corrected chi connectivity index (χ4v) is 3.89. The second-order valence-electron chi connectivity index (χ2n) is 5.21. The maximum absolute atomic E-state index is 12.3. The van der Waals surface area contributed by atoms with Crippen LogP contribution in [0.2, 0.25) is 0 Å². The average Bonchev–Trinajstić information content (AvgIpc) is 2.93. The van der Waals surface area contributed by atoms with Gasteiger partial charge in [-0.3, -0.25) is 0 Å². The lowest BCUT2D eigenvalue weighted by Crippen LogP contribution is -2.44. The fraction of sp³-hybridized carbons (Fsp3) is 0.286. The van der Waals surface area contributed by atoms with Gasteiger partial charge in [0.1, 0.15) is 0 Å². The van der Waals surface area contributed by atoms with E-state index in [1.54, 1.807) is 25.4 Å². The zero-order chi connectivity index (χ0) is 15.7. The van der Waals surface area contributed by atoms with Gasteiger partial charge in [0.05, 0.1) is 11.6 Å². The summed E-state index contributed by atoms with van der Waals surface area (Å²) in [6.07, 6.45) is 3.56. The highest BCUT2D eigenvalue weighted by atomic mass is 32.2. The standard InChI is InChI=1S/C14H15N5O2S/c1-19-5-4-16-14(19)22(20,21)18-12-7-11-6-10(8-15)2-3-13(11)17-9-12/h2-6,12,17-18H,7,9H2,1H3. The monoisotopic (exact) mass is 317 g/mol. The van der Waals surface area contributed by atoms with Crippen LogP contribution in [0.25, 0.3) is 0 Å². The minimum atomic E-state index is -3.67. The first-order chi connectivity index (χ1) is 10.5. The van der Waals surface area contributed by atoms with E-state index in [0.717, 1.165) is 11.3 Å². The van der Waals surface area contributed by atoms with Crippen LogP contribution < -0.4 is 10.0 Å². The van der Waals surface area contributed by atoms with Crippen LogP contribution in [0.15, 0.2) is 35.7 Å². The molecule has 0 amide bonds. The van der Waals surface area contributed by atoms with Crippen molar-refractivity contribution in [3.63, 3.8) is 0 Å². The Morgan fingerprint density at radius 3 is 3.00 bits per heavy atom. The summed E-state index contributed by atoms with van der Waals surface area (Å²) in [5.41, 5.74) is 2.43. The van der Waals surface area contributed by atoms with Crippen molar-refractivity contribution < 1.29 is 8.42 Å². The molecule has 0 aliphatic carbocycles. The number of fused-ring (bicyclic) bond motifs is 1. The van der Waals surface area contributed by atoms with Gasteiger partial charge in [-0.05, 0) is 30.2 Å². The first-order valence-corrected chi connectivity index (χ1v) is 8.24. The lowest BCUT2D eigenvalue weighted by Gasteiger charge is -2.26. The van der Waals surface area contributed by atoms with Crippen molar-refractivity contribution in [3.05, 3.63) is 41.7 Å². The van der Waals surface area contributed by atoms with E-state index in [1.165, 1.54) is 10.8 Å². The zero-order valence-corrected chi connectivity index (χ0v) is 12.8. The van der Waals surface area contributed by atoms with Gasteiger partial charge in [-0.1, -0.05) is 0 Å². The van der Waals surface area contributed by atoms with Crippen LogP contribution in [-0.4, -0.2) is 30.6 Å². The first kappa shape index (κ1) is 14.6. The number of nitriles is 1. The summed E-state index contributed by atoms with van der Waals surface area (Å²) in [7, 11) is -2.03. The van der Waals surface area contributed by atoms with Crippen molar-refractivity contribution in [1.82, 2.24) is 14.3 Å². The molecule has 1 atom stereocenters. The molecule has 0 spiro atoms. The Balaban J connectivity index is 1.81. The highest BCUT2D eigenvalue weighted by molar-refractivity contribution is 7.89. The van der Waals surface area contributed by atoms with Gasteiger partial charge in [-0.15, -0.1) is 0 Å². The molecule has 0 saturated heterocycles. The van der Waals surface area contributed by atoms with Crippen molar-refractivity contribution in [2.45, 2.75) is 17.6 Å². The quantitative estimate of drug-likeness (QED) is 0.864. The van der Waals surface area contributed by atoms with E-state index in [4.69, 9.17) is 5.26 Å².